The molecule has 0 aliphatic carbocycles. The highest BCUT2D eigenvalue weighted by atomic mass is 32.1. The van der Waals surface area contributed by atoms with Crippen LogP contribution in [0, 0.1) is 5.82 Å². The maximum absolute atomic E-state index is 13.3. The molecule has 100 valence electrons. The largest absolute Gasteiger partial charge is 0.362 e. The van der Waals surface area contributed by atoms with Crippen LogP contribution in [0.15, 0.2) is 24.3 Å². The lowest BCUT2D eigenvalue weighted by atomic mass is 10.1. The molecule has 0 saturated heterocycles. The molecule has 4 heteroatoms. The predicted octanol–water partition coefficient (Wildman–Crippen LogP) is 4.08. The summed E-state index contributed by atoms with van der Waals surface area (Å²) in [6.45, 7) is 3.04. The number of anilines is 1. The molecule has 0 heterocycles. The molecule has 1 aromatic rings. The normalized spacial score (nSPS) is 10.1. The smallest absolute Gasteiger partial charge is 0.170 e. The molecule has 1 rings (SSSR count). The van der Waals surface area contributed by atoms with E-state index in [1.807, 2.05) is 0 Å². The fraction of sp³-hybridized carbons (Fsp3) is 0.500. The number of hydrogen-bond acceptors (Lipinski definition) is 1. The molecule has 0 aromatic heterocycles. The minimum Gasteiger partial charge on any atom is -0.362 e. The fourth-order valence-electron chi connectivity index (χ4n) is 1.66. The van der Waals surface area contributed by atoms with Gasteiger partial charge in [-0.3, -0.25) is 0 Å². The second kappa shape index (κ2) is 8.86. The Balaban J connectivity index is 2.16. The molecule has 0 spiro atoms. The van der Waals surface area contributed by atoms with Gasteiger partial charge in [0.1, 0.15) is 5.82 Å². The number of halogens is 1. The summed E-state index contributed by atoms with van der Waals surface area (Å²) in [6.07, 6.45) is 6.12. The third-order valence-corrected chi connectivity index (χ3v) is 2.93. The van der Waals surface area contributed by atoms with E-state index >= 15 is 0 Å². The van der Waals surface area contributed by atoms with Crippen molar-refractivity contribution in [3.63, 3.8) is 0 Å². The van der Waals surface area contributed by atoms with Crippen LogP contribution in [0.1, 0.15) is 39.0 Å². The Morgan fingerprint density at radius 2 is 1.89 bits per heavy atom. The molecule has 0 fully saturated rings. The Bertz CT molecular complexity index is 369. The lowest BCUT2D eigenvalue weighted by Crippen LogP contribution is -2.29. The number of benzene rings is 1. The van der Waals surface area contributed by atoms with Gasteiger partial charge in [-0.1, -0.05) is 44.7 Å². The highest BCUT2D eigenvalue weighted by molar-refractivity contribution is 7.80. The summed E-state index contributed by atoms with van der Waals surface area (Å²) in [4.78, 5) is 0. The minimum atomic E-state index is -0.287. The van der Waals surface area contributed by atoms with E-state index in [1.54, 1.807) is 18.2 Å². The highest BCUT2D eigenvalue weighted by Crippen LogP contribution is 2.11. The lowest BCUT2D eigenvalue weighted by molar-refractivity contribution is 0.624. The molecule has 18 heavy (non-hydrogen) atoms. The number of thiocarbonyl (C=S) groups is 1. The Hall–Kier alpha value is -1.16. The SMILES string of the molecule is CCCCCCCNC(=S)Nc1ccccc1F. The van der Waals surface area contributed by atoms with Gasteiger partial charge >= 0.3 is 0 Å². The van der Waals surface area contributed by atoms with E-state index in [-0.39, 0.29) is 5.82 Å². The van der Waals surface area contributed by atoms with E-state index in [9.17, 15) is 4.39 Å². The highest BCUT2D eigenvalue weighted by Gasteiger charge is 2.01. The van der Waals surface area contributed by atoms with Crippen molar-refractivity contribution in [2.75, 3.05) is 11.9 Å². The summed E-state index contributed by atoms with van der Waals surface area (Å²) in [6, 6.07) is 6.52. The van der Waals surface area contributed by atoms with E-state index in [2.05, 4.69) is 17.6 Å². The predicted molar refractivity (Wildman–Crippen MR) is 79.4 cm³/mol. The molecular weight excluding hydrogens is 247 g/mol. The third-order valence-electron chi connectivity index (χ3n) is 2.69. The second-order valence-corrected chi connectivity index (χ2v) is 4.68. The number of para-hydroxylation sites is 1. The monoisotopic (exact) mass is 268 g/mol. The minimum absolute atomic E-state index is 0.287. The van der Waals surface area contributed by atoms with Crippen LogP contribution >= 0.6 is 12.2 Å². The van der Waals surface area contributed by atoms with Crippen LogP contribution in [0.2, 0.25) is 0 Å². The van der Waals surface area contributed by atoms with Gasteiger partial charge in [-0.15, -0.1) is 0 Å². The molecule has 0 bridgehead atoms. The molecule has 0 saturated carbocycles. The molecule has 0 aliphatic heterocycles. The van der Waals surface area contributed by atoms with Crippen molar-refractivity contribution < 1.29 is 4.39 Å². The van der Waals surface area contributed by atoms with Gasteiger partial charge in [0.05, 0.1) is 5.69 Å². The molecular formula is C14H21FN2S. The van der Waals surface area contributed by atoms with Crippen LogP contribution in [0.5, 0.6) is 0 Å². The van der Waals surface area contributed by atoms with Gasteiger partial charge in [0.15, 0.2) is 5.11 Å². The van der Waals surface area contributed by atoms with Gasteiger partial charge < -0.3 is 10.6 Å². The molecule has 0 unspecified atom stereocenters. The van der Waals surface area contributed by atoms with E-state index in [0.29, 0.717) is 10.8 Å². The van der Waals surface area contributed by atoms with E-state index in [1.165, 1.54) is 31.7 Å². The average Bonchev–Trinajstić information content (AvgIpc) is 2.36. The van der Waals surface area contributed by atoms with Gasteiger partial charge in [-0.25, -0.2) is 4.39 Å². The number of rotatable bonds is 7. The van der Waals surface area contributed by atoms with E-state index < -0.39 is 0 Å². The summed E-state index contributed by atoms with van der Waals surface area (Å²) in [5.41, 5.74) is 0.418. The molecule has 0 aliphatic rings. The Morgan fingerprint density at radius 1 is 1.17 bits per heavy atom. The topological polar surface area (TPSA) is 24.1 Å². The van der Waals surface area contributed by atoms with Crippen LogP contribution in [0.25, 0.3) is 0 Å². The second-order valence-electron chi connectivity index (χ2n) is 4.27. The summed E-state index contributed by atoms with van der Waals surface area (Å²) in [5, 5.41) is 6.43. The van der Waals surface area contributed by atoms with Crippen molar-refractivity contribution in [2.24, 2.45) is 0 Å². The number of unbranched alkanes of at least 4 members (excludes halogenated alkanes) is 4. The van der Waals surface area contributed by atoms with Crippen LogP contribution in [0.3, 0.4) is 0 Å². The molecule has 0 amide bonds. The zero-order valence-electron chi connectivity index (χ0n) is 10.8. The van der Waals surface area contributed by atoms with Gasteiger partial charge in [0, 0.05) is 6.54 Å². The molecule has 0 radical (unpaired) electrons. The van der Waals surface area contributed by atoms with Crippen molar-refractivity contribution >= 4 is 23.0 Å². The van der Waals surface area contributed by atoms with Crippen LogP contribution in [0.4, 0.5) is 10.1 Å². The summed E-state index contributed by atoms with van der Waals surface area (Å²) < 4.78 is 13.3. The first-order chi connectivity index (χ1) is 8.74. The zero-order valence-corrected chi connectivity index (χ0v) is 11.7. The van der Waals surface area contributed by atoms with Crippen LogP contribution in [-0.2, 0) is 0 Å². The third kappa shape index (κ3) is 5.96. The zero-order chi connectivity index (χ0) is 13.2. The first-order valence-corrected chi connectivity index (χ1v) is 6.94. The average molecular weight is 268 g/mol. The molecule has 2 nitrogen and oxygen atoms in total. The molecule has 1 aromatic carbocycles. The van der Waals surface area contributed by atoms with Gasteiger partial charge in [-0.2, -0.15) is 0 Å². The van der Waals surface area contributed by atoms with Crippen molar-refractivity contribution in [1.82, 2.24) is 5.32 Å². The Morgan fingerprint density at radius 3 is 2.61 bits per heavy atom. The lowest BCUT2D eigenvalue weighted by Gasteiger charge is -2.10. The van der Waals surface area contributed by atoms with Gasteiger partial charge in [-0.05, 0) is 30.8 Å². The van der Waals surface area contributed by atoms with Gasteiger partial charge in [0.2, 0.25) is 0 Å². The number of nitrogens with one attached hydrogen (secondary N) is 2. The van der Waals surface area contributed by atoms with E-state index in [0.717, 1.165) is 13.0 Å². The standard InChI is InChI=1S/C14H21FN2S/c1-2-3-4-5-8-11-16-14(18)17-13-10-7-6-9-12(13)15/h6-7,9-10H,2-5,8,11H2,1H3,(H2,16,17,18). The summed E-state index contributed by atoms with van der Waals surface area (Å²) in [5.74, 6) is -0.287. The molecule has 2 N–H and O–H groups in total. The quantitative estimate of drug-likeness (QED) is 0.575. The Labute approximate surface area is 114 Å². The van der Waals surface area contributed by atoms with E-state index in [4.69, 9.17) is 12.2 Å². The maximum Gasteiger partial charge on any atom is 0.170 e. The fourth-order valence-corrected chi connectivity index (χ4v) is 1.87. The van der Waals surface area contributed by atoms with Crippen LogP contribution in [-0.4, -0.2) is 11.7 Å². The van der Waals surface area contributed by atoms with Crippen molar-refractivity contribution in [3.05, 3.63) is 30.1 Å². The summed E-state index contributed by atoms with van der Waals surface area (Å²) in [7, 11) is 0. The van der Waals surface area contributed by atoms with Crippen molar-refractivity contribution in [1.29, 1.82) is 0 Å². The Kier molecular flexibility index (Phi) is 7.34. The first kappa shape index (κ1) is 14.9. The molecule has 0 atom stereocenters. The van der Waals surface area contributed by atoms with Crippen molar-refractivity contribution in [3.8, 4) is 0 Å². The van der Waals surface area contributed by atoms with Gasteiger partial charge in [0.25, 0.3) is 0 Å². The summed E-state index contributed by atoms with van der Waals surface area (Å²) >= 11 is 5.11. The van der Waals surface area contributed by atoms with Crippen molar-refractivity contribution in [2.45, 2.75) is 39.0 Å². The first-order valence-electron chi connectivity index (χ1n) is 6.53. The maximum atomic E-state index is 13.3. The number of hydrogen-bond donors (Lipinski definition) is 2. The van der Waals surface area contributed by atoms with Crippen LogP contribution < -0.4 is 10.6 Å².